The maximum Gasteiger partial charge on any atom is 0.257 e. The number of nitrogens with zero attached hydrogens (tertiary/aromatic N) is 1. The molecule has 0 spiro atoms. The maximum atomic E-state index is 12.7. The Balaban J connectivity index is 1.98. The molecule has 1 heterocycles. The summed E-state index contributed by atoms with van der Waals surface area (Å²) in [7, 11) is 1.56. The molecule has 5 nitrogen and oxygen atoms in total. The van der Waals surface area contributed by atoms with E-state index in [1.807, 2.05) is 31.2 Å². The first kappa shape index (κ1) is 16.6. The number of aromatic nitrogens is 1. The van der Waals surface area contributed by atoms with Crippen molar-refractivity contribution < 1.29 is 9.59 Å². The third kappa shape index (κ3) is 3.35. The van der Waals surface area contributed by atoms with E-state index >= 15 is 0 Å². The third-order valence-corrected chi connectivity index (χ3v) is 4.05. The van der Waals surface area contributed by atoms with Crippen LogP contribution in [0, 0.1) is 13.8 Å². The van der Waals surface area contributed by atoms with Crippen LogP contribution in [0.4, 0.5) is 5.69 Å². The number of carbonyl (C=O) groups excluding carboxylic acids is 2. The number of amides is 2. The predicted molar refractivity (Wildman–Crippen MR) is 99.0 cm³/mol. The van der Waals surface area contributed by atoms with Crippen LogP contribution in [0.2, 0.25) is 0 Å². The molecule has 25 heavy (non-hydrogen) atoms. The van der Waals surface area contributed by atoms with E-state index in [1.54, 1.807) is 38.2 Å². The van der Waals surface area contributed by atoms with Gasteiger partial charge in [-0.2, -0.15) is 0 Å². The van der Waals surface area contributed by atoms with Crippen LogP contribution in [0.25, 0.3) is 10.9 Å². The highest BCUT2D eigenvalue weighted by molar-refractivity contribution is 6.10. The van der Waals surface area contributed by atoms with Crippen molar-refractivity contribution in [2.24, 2.45) is 0 Å². The van der Waals surface area contributed by atoms with Gasteiger partial charge in [-0.1, -0.05) is 23.8 Å². The van der Waals surface area contributed by atoms with E-state index in [0.29, 0.717) is 22.5 Å². The minimum absolute atomic E-state index is 0.250. The average molecular weight is 333 g/mol. The summed E-state index contributed by atoms with van der Waals surface area (Å²) in [5.41, 5.74) is 3.98. The molecule has 3 rings (SSSR count). The average Bonchev–Trinajstić information content (AvgIpc) is 2.61. The molecule has 0 fully saturated rings. The number of rotatable bonds is 3. The van der Waals surface area contributed by atoms with Gasteiger partial charge in [-0.15, -0.1) is 0 Å². The number of anilines is 1. The Morgan fingerprint density at radius 1 is 0.920 bits per heavy atom. The number of pyridine rings is 1. The van der Waals surface area contributed by atoms with Gasteiger partial charge in [-0.05, 0) is 44.2 Å². The third-order valence-electron chi connectivity index (χ3n) is 4.05. The van der Waals surface area contributed by atoms with Gasteiger partial charge in [-0.3, -0.25) is 14.6 Å². The number of nitrogens with one attached hydrogen (secondary N) is 2. The molecular formula is C20H19N3O2. The van der Waals surface area contributed by atoms with Crippen LogP contribution in [-0.2, 0) is 0 Å². The Morgan fingerprint density at radius 3 is 2.44 bits per heavy atom. The molecule has 0 aliphatic rings. The molecule has 0 radical (unpaired) electrons. The van der Waals surface area contributed by atoms with Gasteiger partial charge in [0, 0.05) is 12.4 Å². The molecule has 0 aliphatic heterocycles. The van der Waals surface area contributed by atoms with Crippen LogP contribution < -0.4 is 10.6 Å². The Hall–Kier alpha value is -3.21. The van der Waals surface area contributed by atoms with E-state index < -0.39 is 0 Å². The molecule has 2 N–H and O–H groups in total. The molecular weight excluding hydrogens is 314 g/mol. The minimum Gasteiger partial charge on any atom is -0.355 e. The van der Waals surface area contributed by atoms with Crippen molar-refractivity contribution in [3.05, 3.63) is 70.9 Å². The zero-order chi connectivity index (χ0) is 18.0. The summed E-state index contributed by atoms with van der Waals surface area (Å²) in [5, 5.41) is 6.31. The van der Waals surface area contributed by atoms with Crippen molar-refractivity contribution in [2.75, 3.05) is 12.4 Å². The molecule has 0 aliphatic carbocycles. The Labute approximate surface area is 146 Å². The van der Waals surface area contributed by atoms with Crippen LogP contribution in [0.1, 0.15) is 32.0 Å². The molecule has 0 atom stereocenters. The molecule has 3 aromatic rings. The minimum atomic E-state index is -0.287. The standard InChI is InChI=1S/C20H19N3O2/c1-12-8-9-17-14(10-12)11-16(13(2)22-17)20(25)23-18-7-5-4-6-15(18)19(24)21-3/h4-11H,1-3H3,(H,21,24)(H,23,25). The monoisotopic (exact) mass is 333 g/mol. The van der Waals surface area contributed by atoms with Crippen LogP contribution in [0.5, 0.6) is 0 Å². The van der Waals surface area contributed by atoms with Crippen molar-refractivity contribution >= 4 is 28.4 Å². The summed E-state index contributed by atoms with van der Waals surface area (Å²) in [6, 6.07) is 14.7. The quantitative estimate of drug-likeness (QED) is 0.771. The fraction of sp³-hybridized carbons (Fsp3) is 0.150. The van der Waals surface area contributed by atoms with Crippen LogP contribution in [0.15, 0.2) is 48.5 Å². The van der Waals surface area contributed by atoms with Gasteiger partial charge in [0.05, 0.1) is 28.0 Å². The van der Waals surface area contributed by atoms with Gasteiger partial charge >= 0.3 is 0 Å². The van der Waals surface area contributed by atoms with Gasteiger partial charge in [0.1, 0.15) is 0 Å². The van der Waals surface area contributed by atoms with Crippen molar-refractivity contribution in [2.45, 2.75) is 13.8 Å². The Bertz CT molecular complexity index is 980. The van der Waals surface area contributed by atoms with E-state index in [-0.39, 0.29) is 11.8 Å². The zero-order valence-corrected chi connectivity index (χ0v) is 14.4. The lowest BCUT2D eigenvalue weighted by atomic mass is 10.1. The maximum absolute atomic E-state index is 12.7. The van der Waals surface area contributed by atoms with Crippen molar-refractivity contribution in [1.82, 2.24) is 10.3 Å². The first-order valence-electron chi connectivity index (χ1n) is 8.00. The zero-order valence-electron chi connectivity index (χ0n) is 14.4. The molecule has 0 unspecified atom stereocenters. The van der Waals surface area contributed by atoms with Crippen molar-refractivity contribution in [1.29, 1.82) is 0 Å². The number of aryl methyl sites for hydroxylation is 2. The summed E-state index contributed by atoms with van der Waals surface area (Å²) >= 11 is 0. The number of fused-ring (bicyclic) bond motifs is 1. The number of carbonyl (C=O) groups is 2. The second kappa shape index (κ2) is 6.73. The number of para-hydroxylation sites is 1. The fourth-order valence-corrected chi connectivity index (χ4v) is 2.74. The van der Waals surface area contributed by atoms with E-state index in [9.17, 15) is 9.59 Å². The smallest absolute Gasteiger partial charge is 0.257 e. The molecule has 126 valence electrons. The molecule has 2 amide bonds. The second-order valence-corrected chi connectivity index (χ2v) is 5.90. The van der Waals surface area contributed by atoms with Crippen LogP contribution in [0.3, 0.4) is 0 Å². The molecule has 1 aromatic heterocycles. The lowest BCUT2D eigenvalue weighted by Gasteiger charge is -2.12. The summed E-state index contributed by atoms with van der Waals surface area (Å²) in [5.74, 6) is -0.537. The highest BCUT2D eigenvalue weighted by Gasteiger charge is 2.15. The Morgan fingerprint density at radius 2 is 1.68 bits per heavy atom. The van der Waals surface area contributed by atoms with Gasteiger partial charge in [0.25, 0.3) is 11.8 Å². The summed E-state index contributed by atoms with van der Waals surface area (Å²) < 4.78 is 0. The number of benzene rings is 2. The van der Waals surface area contributed by atoms with E-state index in [4.69, 9.17) is 0 Å². The van der Waals surface area contributed by atoms with Gasteiger partial charge in [-0.25, -0.2) is 0 Å². The number of hydrogen-bond acceptors (Lipinski definition) is 3. The molecule has 5 heteroatoms. The van der Waals surface area contributed by atoms with E-state index in [2.05, 4.69) is 15.6 Å². The molecule has 2 aromatic carbocycles. The predicted octanol–water partition coefficient (Wildman–Crippen LogP) is 3.46. The first-order chi connectivity index (χ1) is 12.0. The highest BCUT2D eigenvalue weighted by Crippen LogP contribution is 2.21. The summed E-state index contributed by atoms with van der Waals surface area (Å²) in [6.07, 6.45) is 0. The van der Waals surface area contributed by atoms with E-state index in [0.717, 1.165) is 16.5 Å². The van der Waals surface area contributed by atoms with Crippen molar-refractivity contribution in [3.63, 3.8) is 0 Å². The lowest BCUT2D eigenvalue weighted by molar-refractivity contribution is 0.0964. The van der Waals surface area contributed by atoms with Gasteiger partial charge < -0.3 is 10.6 Å². The SMILES string of the molecule is CNC(=O)c1ccccc1NC(=O)c1cc2cc(C)ccc2nc1C. The molecule has 0 saturated heterocycles. The summed E-state index contributed by atoms with van der Waals surface area (Å²) in [6.45, 7) is 3.80. The first-order valence-corrected chi connectivity index (χ1v) is 8.00. The van der Waals surface area contributed by atoms with E-state index in [1.165, 1.54) is 0 Å². The van der Waals surface area contributed by atoms with Gasteiger partial charge in [0.2, 0.25) is 0 Å². The lowest BCUT2D eigenvalue weighted by Crippen LogP contribution is -2.22. The van der Waals surface area contributed by atoms with Crippen LogP contribution in [-0.4, -0.2) is 23.8 Å². The van der Waals surface area contributed by atoms with Gasteiger partial charge in [0.15, 0.2) is 0 Å². The highest BCUT2D eigenvalue weighted by atomic mass is 16.2. The van der Waals surface area contributed by atoms with Crippen LogP contribution >= 0.6 is 0 Å². The topological polar surface area (TPSA) is 71.1 Å². The Kier molecular flexibility index (Phi) is 4.48. The largest absolute Gasteiger partial charge is 0.355 e. The fourth-order valence-electron chi connectivity index (χ4n) is 2.74. The molecule has 0 bridgehead atoms. The van der Waals surface area contributed by atoms with Crippen molar-refractivity contribution in [3.8, 4) is 0 Å². The number of hydrogen-bond donors (Lipinski definition) is 2. The normalized spacial score (nSPS) is 10.5. The second-order valence-electron chi connectivity index (χ2n) is 5.90. The summed E-state index contributed by atoms with van der Waals surface area (Å²) in [4.78, 5) is 29.2. The molecule has 0 saturated carbocycles.